The highest BCUT2D eigenvalue weighted by molar-refractivity contribution is 7.11. The summed E-state index contributed by atoms with van der Waals surface area (Å²) in [6.45, 7) is 1.59. The molecule has 1 amide bonds. The van der Waals surface area contributed by atoms with Gasteiger partial charge in [-0.2, -0.15) is 5.26 Å². The van der Waals surface area contributed by atoms with Crippen molar-refractivity contribution in [1.29, 1.82) is 5.26 Å². The summed E-state index contributed by atoms with van der Waals surface area (Å²) >= 11 is 7.89. The third-order valence-electron chi connectivity index (χ3n) is 4.39. The molecule has 2 heterocycles. The highest BCUT2D eigenvalue weighted by Gasteiger charge is 2.12. The number of hydrogen-bond acceptors (Lipinski definition) is 6. The van der Waals surface area contributed by atoms with Gasteiger partial charge in [0, 0.05) is 23.0 Å². The number of benzene rings is 2. The Morgan fingerprint density at radius 3 is 2.75 bits per heavy atom. The minimum Gasteiger partial charge on any atom is -0.445 e. The van der Waals surface area contributed by atoms with E-state index < -0.39 is 5.91 Å². The molecule has 0 aliphatic carbocycles. The number of hydrogen-bond donors (Lipinski definition) is 2. The van der Waals surface area contributed by atoms with Gasteiger partial charge in [0.05, 0.1) is 21.8 Å². The number of aromatic nitrogens is 1. The molecule has 2 N–H and O–H groups in total. The van der Waals surface area contributed by atoms with Crippen molar-refractivity contribution < 1.29 is 9.53 Å². The number of ether oxygens (including phenoxy) is 1. The van der Waals surface area contributed by atoms with Crippen LogP contribution >= 0.6 is 22.9 Å². The van der Waals surface area contributed by atoms with Crippen LogP contribution in [-0.4, -0.2) is 10.9 Å². The Labute approximate surface area is 193 Å². The number of carbonyl (C=O) groups is 1. The van der Waals surface area contributed by atoms with Gasteiger partial charge in [0.15, 0.2) is 5.06 Å². The van der Waals surface area contributed by atoms with Crippen molar-refractivity contribution >= 4 is 56.8 Å². The Bertz CT molecular complexity index is 1420. The number of pyridine rings is 1. The third-order valence-corrected chi connectivity index (χ3v) is 5.43. The van der Waals surface area contributed by atoms with Crippen LogP contribution < -0.4 is 15.4 Å². The summed E-state index contributed by atoms with van der Waals surface area (Å²) in [7, 11) is 0. The highest BCUT2D eigenvalue weighted by atomic mass is 35.5. The number of rotatable bonds is 5. The second-order valence-electron chi connectivity index (χ2n) is 6.52. The number of nitrogens with zero attached hydrogens (tertiary/aromatic N) is 2. The van der Waals surface area contributed by atoms with E-state index in [4.69, 9.17) is 16.3 Å². The smallest absolute Gasteiger partial charge is 0.300 e. The molecule has 0 aliphatic heterocycles. The average molecular weight is 459 g/mol. The number of thiophene rings is 1. The van der Waals surface area contributed by atoms with Crippen molar-refractivity contribution in [2.75, 3.05) is 10.6 Å². The molecule has 8 heteroatoms. The molecule has 0 atom stereocenters. The normalized spacial score (nSPS) is 10.0. The minimum atomic E-state index is -0.418. The lowest BCUT2D eigenvalue weighted by molar-refractivity contribution is -0.111. The summed E-state index contributed by atoms with van der Waals surface area (Å²) in [5, 5.41) is 19.3. The topological polar surface area (TPSA) is 87.0 Å². The molecule has 0 saturated carbocycles. The van der Waals surface area contributed by atoms with Crippen LogP contribution in [0, 0.1) is 23.2 Å². The van der Waals surface area contributed by atoms with E-state index in [0.717, 1.165) is 5.06 Å². The Morgan fingerprint density at radius 1 is 1.19 bits per heavy atom. The number of carbonyl (C=O) groups excluding carboxylic acids is 1. The summed E-state index contributed by atoms with van der Waals surface area (Å²) in [6.07, 6.45) is 1.50. The molecule has 6 nitrogen and oxygen atoms in total. The Morgan fingerprint density at radius 2 is 2.03 bits per heavy atom. The summed E-state index contributed by atoms with van der Waals surface area (Å²) in [6, 6.07) is 16.4. The van der Waals surface area contributed by atoms with Crippen LogP contribution in [-0.2, 0) is 4.79 Å². The predicted molar refractivity (Wildman–Crippen MR) is 128 cm³/mol. The quantitative estimate of drug-likeness (QED) is 0.342. The molecule has 0 aliphatic rings. The van der Waals surface area contributed by atoms with Crippen LogP contribution in [0.15, 0.2) is 60.1 Å². The SMILES string of the molecule is CC#CC(=O)Nc1ccc2ncc(C#N)c(Nc3ccc(Oc4cccs4)c(Cl)c3)c2c1. The zero-order chi connectivity index (χ0) is 22.5. The van der Waals surface area contributed by atoms with Crippen molar-refractivity contribution in [3.05, 3.63) is 70.7 Å². The molecular weight excluding hydrogens is 444 g/mol. The fourth-order valence-corrected chi connectivity index (χ4v) is 3.81. The maximum absolute atomic E-state index is 11.8. The van der Waals surface area contributed by atoms with Gasteiger partial charge in [0.2, 0.25) is 0 Å². The molecule has 0 bridgehead atoms. The van der Waals surface area contributed by atoms with Crippen LogP contribution in [0.1, 0.15) is 12.5 Å². The van der Waals surface area contributed by atoms with E-state index in [1.807, 2.05) is 23.6 Å². The summed E-state index contributed by atoms with van der Waals surface area (Å²) in [4.78, 5) is 16.2. The van der Waals surface area contributed by atoms with E-state index in [1.54, 1.807) is 37.3 Å². The molecule has 0 unspecified atom stereocenters. The standard InChI is InChI=1S/C24H15ClN4O2S/c1-2-4-22(30)28-16-6-8-20-18(11-16)24(15(13-26)14-27-20)29-17-7-9-21(19(25)12-17)31-23-5-3-10-32-23/h3,5-12,14H,1H3,(H,27,29)(H,28,30). The molecule has 2 aromatic heterocycles. The molecule has 4 aromatic rings. The number of amides is 1. The molecule has 0 fully saturated rings. The van der Waals surface area contributed by atoms with Gasteiger partial charge in [-0.3, -0.25) is 9.78 Å². The van der Waals surface area contributed by atoms with Gasteiger partial charge < -0.3 is 15.4 Å². The van der Waals surface area contributed by atoms with E-state index in [-0.39, 0.29) is 0 Å². The fraction of sp³-hybridized carbons (Fsp3) is 0.0417. The number of fused-ring (bicyclic) bond motifs is 1. The van der Waals surface area contributed by atoms with Crippen LogP contribution in [0.2, 0.25) is 5.02 Å². The first kappa shape index (κ1) is 21.2. The van der Waals surface area contributed by atoms with Gasteiger partial charge in [-0.05, 0) is 66.8 Å². The highest BCUT2D eigenvalue weighted by Crippen LogP contribution is 2.36. The lowest BCUT2D eigenvalue weighted by Crippen LogP contribution is -2.08. The van der Waals surface area contributed by atoms with Gasteiger partial charge in [0.25, 0.3) is 5.91 Å². The second kappa shape index (κ2) is 9.40. The maximum Gasteiger partial charge on any atom is 0.300 e. The second-order valence-corrected chi connectivity index (χ2v) is 7.84. The van der Waals surface area contributed by atoms with Crippen LogP contribution in [0.4, 0.5) is 17.1 Å². The third kappa shape index (κ3) is 4.65. The molecule has 2 aromatic carbocycles. The molecule has 156 valence electrons. The molecular formula is C24H15ClN4O2S. The van der Waals surface area contributed by atoms with E-state index in [0.29, 0.717) is 44.3 Å². The summed E-state index contributed by atoms with van der Waals surface area (Å²) in [5.41, 5.74) is 2.78. The summed E-state index contributed by atoms with van der Waals surface area (Å²) < 4.78 is 5.79. The van der Waals surface area contributed by atoms with E-state index in [9.17, 15) is 10.1 Å². The number of halogens is 1. The molecule has 32 heavy (non-hydrogen) atoms. The molecule has 0 spiro atoms. The Kier molecular flexibility index (Phi) is 6.23. The van der Waals surface area contributed by atoms with Gasteiger partial charge >= 0.3 is 0 Å². The number of nitriles is 1. The lowest BCUT2D eigenvalue weighted by Gasteiger charge is -2.14. The fourth-order valence-electron chi connectivity index (χ4n) is 3.00. The van der Waals surface area contributed by atoms with E-state index >= 15 is 0 Å². The monoisotopic (exact) mass is 458 g/mol. The van der Waals surface area contributed by atoms with E-state index in [1.165, 1.54) is 17.5 Å². The van der Waals surface area contributed by atoms with Crippen LogP contribution in [0.3, 0.4) is 0 Å². The Balaban J connectivity index is 1.69. The largest absolute Gasteiger partial charge is 0.445 e. The van der Waals surface area contributed by atoms with Crippen molar-refractivity contribution in [2.24, 2.45) is 0 Å². The van der Waals surface area contributed by atoms with Gasteiger partial charge in [0.1, 0.15) is 11.8 Å². The van der Waals surface area contributed by atoms with Crippen LogP contribution in [0.5, 0.6) is 10.8 Å². The Hall–Kier alpha value is -4.04. The summed E-state index contributed by atoms with van der Waals surface area (Å²) in [5.74, 6) is 5.11. The lowest BCUT2D eigenvalue weighted by atomic mass is 10.1. The predicted octanol–water partition coefficient (Wildman–Crippen LogP) is 6.32. The average Bonchev–Trinajstić information content (AvgIpc) is 3.29. The van der Waals surface area contributed by atoms with Gasteiger partial charge in [-0.1, -0.05) is 17.5 Å². The molecule has 0 saturated heterocycles. The van der Waals surface area contributed by atoms with Gasteiger partial charge in [-0.15, -0.1) is 11.3 Å². The number of anilines is 3. The van der Waals surface area contributed by atoms with Crippen molar-refractivity contribution in [3.63, 3.8) is 0 Å². The van der Waals surface area contributed by atoms with Crippen molar-refractivity contribution in [2.45, 2.75) is 6.92 Å². The zero-order valence-corrected chi connectivity index (χ0v) is 18.3. The first-order valence-corrected chi connectivity index (χ1v) is 10.7. The zero-order valence-electron chi connectivity index (χ0n) is 16.8. The van der Waals surface area contributed by atoms with Crippen molar-refractivity contribution in [3.8, 4) is 28.7 Å². The minimum absolute atomic E-state index is 0.351. The van der Waals surface area contributed by atoms with Crippen LogP contribution in [0.25, 0.3) is 10.9 Å². The van der Waals surface area contributed by atoms with E-state index in [2.05, 4.69) is 33.5 Å². The molecule has 0 radical (unpaired) electrons. The first-order valence-electron chi connectivity index (χ1n) is 9.42. The van der Waals surface area contributed by atoms with Crippen molar-refractivity contribution in [1.82, 2.24) is 4.98 Å². The first-order chi connectivity index (χ1) is 15.6. The maximum atomic E-state index is 11.8. The van der Waals surface area contributed by atoms with Gasteiger partial charge in [-0.25, -0.2) is 0 Å². The number of nitrogens with one attached hydrogen (secondary N) is 2. The molecule has 4 rings (SSSR count).